The Labute approximate surface area is 185 Å². The Bertz CT molecular complexity index is 615. The lowest BCUT2D eigenvalue weighted by Crippen LogP contribution is -2.59. The molecule has 30 heavy (non-hydrogen) atoms. The van der Waals surface area contributed by atoms with E-state index >= 15 is 0 Å². The summed E-state index contributed by atoms with van der Waals surface area (Å²) >= 11 is 0. The summed E-state index contributed by atoms with van der Waals surface area (Å²) in [5.41, 5.74) is -0.180. The molecule has 4 saturated carbocycles. The van der Waals surface area contributed by atoms with E-state index in [1.807, 2.05) is 0 Å². The van der Waals surface area contributed by atoms with Gasteiger partial charge in [-0.2, -0.15) is 0 Å². The minimum Gasteiger partial charge on any atom is -0.393 e. The van der Waals surface area contributed by atoms with E-state index in [1.165, 1.54) is 25.7 Å². The summed E-state index contributed by atoms with van der Waals surface area (Å²) in [6.45, 7) is 11.6. The topological polar surface area (TPSA) is 60.7 Å². The number of hydrogen-bond donors (Lipinski definition) is 3. The maximum absolute atomic E-state index is 11.6. The SMILES string of the molecule is CC(C)CCC[C@](C)(O)C1CCC2C3C[C@@H](O)C4C[C@@H](O)CC[C@]4(C)C3CC[C@@]21C. The van der Waals surface area contributed by atoms with Crippen molar-refractivity contribution in [3.63, 3.8) is 0 Å². The highest BCUT2D eigenvalue weighted by atomic mass is 16.3. The maximum atomic E-state index is 11.6. The van der Waals surface area contributed by atoms with Crippen molar-refractivity contribution in [1.82, 2.24) is 0 Å². The van der Waals surface area contributed by atoms with Crippen LogP contribution in [0, 0.1) is 46.3 Å². The molecule has 4 fully saturated rings. The normalized spacial score (nSPS) is 50.5. The summed E-state index contributed by atoms with van der Waals surface area (Å²) in [6.07, 6.45) is 11.3. The third-order valence-electron chi connectivity index (χ3n) is 10.9. The molecule has 4 aliphatic carbocycles. The number of rotatable bonds is 5. The quantitative estimate of drug-likeness (QED) is 0.546. The Balaban J connectivity index is 1.53. The number of aliphatic hydroxyl groups excluding tert-OH is 2. The molecule has 4 rings (SSSR count). The van der Waals surface area contributed by atoms with Crippen LogP contribution in [0.25, 0.3) is 0 Å². The van der Waals surface area contributed by atoms with Crippen LogP contribution in [0.4, 0.5) is 0 Å². The fraction of sp³-hybridized carbons (Fsp3) is 1.00. The van der Waals surface area contributed by atoms with Gasteiger partial charge in [0.15, 0.2) is 0 Å². The summed E-state index contributed by atoms with van der Waals surface area (Å²) in [4.78, 5) is 0. The molecule has 3 N–H and O–H groups in total. The van der Waals surface area contributed by atoms with E-state index in [4.69, 9.17) is 0 Å². The van der Waals surface area contributed by atoms with Gasteiger partial charge in [-0.3, -0.25) is 0 Å². The molecule has 0 amide bonds. The van der Waals surface area contributed by atoms with Gasteiger partial charge in [0.25, 0.3) is 0 Å². The monoisotopic (exact) mass is 420 g/mol. The fourth-order valence-electron chi connectivity index (χ4n) is 9.34. The molecule has 0 aromatic carbocycles. The molecule has 3 heteroatoms. The van der Waals surface area contributed by atoms with Crippen molar-refractivity contribution in [3.8, 4) is 0 Å². The number of aliphatic hydroxyl groups is 3. The number of fused-ring (bicyclic) bond motifs is 5. The van der Waals surface area contributed by atoms with Crippen molar-refractivity contribution >= 4 is 0 Å². The van der Waals surface area contributed by atoms with Crippen molar-refractivity contribution in [1.29, 1.82) is 0 Å². The zero-order valence-electron chi connectivity index (χ0n) is 20.2. The lowest BCUT2D eigenvalue weighted by atomic mass is 9.43. The summed E-state index contributed by atoms with van der Waals surface area (Å²) in [5, 5.41) is 33.0. The molecule has 174 valence electrons. The molecular formula is C27H48O3. The van der Waals surface area contributed by atoms with Crippen LogP contribution in [0.2, 0.25) is 0 Å². The van der Waals surface area contributed by atoms with Crippen molar-refractivity contribution < 1.29 is 15.3 Å². The fourth-order valence-corrected chi connectivity index (χ4v) is 9.34. The van der Waals surface area contributed by atoms with Gasteiger partial charge in [-0.05, 0) is 111 Å². The highest BCUT2D eigenvalue weighted by molar-refractivity contribution is 5.13. The van der Waals surface area contributed by atoms with Crippen LogP contribution < -0.4 is 0 Å². The first-order chi connectivity index (χ1) is 14.0. The second-order valence-corrected chi connectivity index (χ2v) is 13.0. The first kappa shape index (κ1) is 23.1. The third kappa shape index (κ3) is 3.69. The van der Waals surface area contributed by atoms with Crippen LogP contribution in [0.15, 0.2) is 0 Å². The predicted molar refractivity (Wildman–Crippen MR) is 122 cm³/mol. The summed E-state index contributed by atoms with van der Waals surface area (Å²) < 4.78 is 0. The molecule has 0 aliphatic heterocycles. The van der Waals surface area contributed by atoms with Crippen molar-refractivity contribution in [3.05, 3.63) is 0 Å². The van der Waals surface area contributed by atoms with Crippen LogP contribution in [-0.2, 0) is 0 Å². The Morgan fingerprint density at radius 3 is 2.27 bits per heavy atom. The zero-order valence-corrected chi connectivity index (χ0v) is 20.2. The Kier molecular flexibility index (Phi) is 6.17. The predicted octanol–water partition coefficient (Wildman–Crippen LogP) is 5.55. The number of hydrogen-bond acceptors (Lipinski definition) is 3. The largest absolute Gasteiger partial charge is 0.393 e. The van der Waals surface area contributed by atoms with Crippen molar-refractivity contribution in [2.24, 2.45) is 46.3 Å². The Hall–Kier alpha value is -0.120. The lowest BCUT2D eigenvalue weighted by Gasteiger charge is -2.62. The van der Waals surface area contributed by atoms with E-state index in [9.17, 15) is 15.3 Å². The first-order valence-corrected chi connectivity index (χ1v) is 13.1. The molecule has 0 aromatic heterocycles. The molecule has 0 bridgehead atoms. The van der Waals surface area contributed by atoms with E-state index in [0.717, 1.165) is 44.9 Å². The molecule has 0 radical (unpaired) electrons. The van der Waals surface area contributed by atoms with Crippen LogP contribution in [0.5, 0.6) is 0 Å². The van der Waals surface area contributed by atoms with Gasteiger partial charge in [-0.25, -0.2) is 0 Å². The highest BCUT2D eigenvalue weighted by Gasteiger charge is 2.63. The smallest absolute Gasteiger partial charge is 0.0653 e. The van der Waals surface area contributed by atoms with E-state index in [1.54, 1.807) is 0 Å². The maximum Gasteiger partial charge on any atom is 0.0653 e. The Morgan fingerprint density at radius 2 is 1.57 bits per heavy atom. The standard InChI is InChI=1S/C27H48O3/c1-17(2)7-6-12-27(5,30)24-9-8-20-19-16-23(29)22-15-18(28)10-13-25(22,3)21(19)11-14-26(20,24)4/h17-24,28-30H,6-16H2,1-5H3/t18-,19?,20?,21?,22?,23+,24?,25+,26-,27-/m0/s1. The van der Waals surface area contributed by atoms with E-state index in [2.05, 4.69) is 34.6 Å². The first-order valence-electron chi connectivity index (χ1n) is 13.1. The van der Waals surface area contributed by atoms with Gasteiger partial charge < -0.3 is 15.3 Å². The van der Waals surface area contributed by atoms with E-state index < -0.39 is 5.60 Å². The molecule has 10 atom stereocenters. The second kappa shape index (κ2) is 8.03. The van der Waals surface area contributed by atoms with Gasteiger partial charge in [0.2, 0.25) is 0 Å². The zero-order chi connectivity index (χ0) is 21.9. The highest BCUT2D eigenvalue weighted by Crippen LogP contribution is 2.68. The van der Waals surface area contributed by atoms with Crippen LogP contribution in [0.1, 0.15) is 105 Å². The molecule has 3 nitrogen and oxygen atoms in total. The van der Waals surface area contributed by atoms with Crippen LogP contribution in [0.3, 0.4) is 0 Å². The van der Waals surface area contributed by atoms with Gasteiger partial charge >= 0.3 is 0 Å². The summed E-state index contributed by atoms with van der Waals surface area (Å²) in [6, 6.07) is 0. The molecular weight excluding hydrogens is 372 g/mol. The minimum absolute atomic E-state index is 0.181. The van der Waals surface area contributed by atoms with Crippen LogP contribution in [-0.4, -0.2) is 33.1 Å². The third-order valence-corrected chi connectivity index (χ3v) is 10.9. The lowest BCUT2D eigenvalue weighted by molar-refractivity contribution is -0.179. The molecule has 5 unspecified atom stereocenters. The molecule has 0 heterocycles. The molecule has 0 aromatic rings. The summed E-state index contributed by atoms with van der Waals surface area (Å²) in [5.74, 6) is 3.27. The summed E-state index contributed by atoms with van der Waals surface area (Å²) in [7, 11) is 0. The Morgan fingerprint density at radius 1 is 0.900 bits per heavy atom. The van der Waals surface area contributed by atoms with Gasteiger partial charge in [-0.15, -0.1) is 0 Å². The van der Waals surface area contributed by atoms with Gasteiger partial charge in [0.1, 0.15) is 0 Å². The van der Waals surface area contributed by atoms with Crippen LogP contribution >= 0.6 is 0 Å². The minimum atomic E-state index is -0.570. The molecule has 0 saturated heterocycles. The van der Waals surface area contributed by atoms with E-state index in [-0.39, 0.29) is 29.0 Å². The van der Waals surface area contributed by atoms with Crippen molar-refractivity contribution in [2.75, 3.05) is 0 Å². The second-order valence-electron chi connectivity index (χ2n) is 13.0. The van der Waals surface area contributed by atoms with Gasteiger partial charge in [0, 0.05) is 0 Å². The van der Waals surface area contributed by atoms with E-state index in [0.29, 0.717) is 29.6 Å². The van der Waals surface area contributed by atoms with Crippen molar-refractivity contribution in [2.45, 2.75) is 123 Å². The van der Waals surface area contributed by atoms with Gasteiger partial charge in [0.05, 0.1) is 17.8 Å². The average molecular weight is 421 g/mol. The average Bonchev–Trinajstić information content (AvgIpc) is 3.01. The molecule has 4 aliphatic rings. The van der Waals surface area contributed by atoms with Gasteiger partial charge in [-0.1, -0.05) is 40.5 Å². The molecule has 0 spiro atoms.